The molecule has 1 aromatic carbocycles. The van der Waals surface area contributed by atoms with Crippen LogP contribution in [0.25, 0.3) is 0 Å². The number of rotatable bonds is 7. The quantitative estimate of drug-likeness (QED) is 0.830. The first-order valence-electron chi connectivity index (χ1n) is 7.19. The molecule has 0 atom stereocenters. The zero-order valence-electron chi connectivity index (χ0n) is 13.0. The van der Waals surface area contributed by atoms with Crippen molar-refractivity contribution in [1.29, 1.82) is 0 Å². The fraction of sp³-hybridized carbons (Fsp3) is 0.562. The number of likely N-dealkylation sites (N-methyl/N-ethyl adjacent to an activating group) is 1. The maximum atomic E-state index is 12.0. The summed E-state index contributed by atoms with van der Waals surface area (Å²) in [6, 6.07) is 6.13. The molecule has 0 bridgehead atoms. The number of anilines is 1. The third-order valence-electron chi connectivity index (χ3n) is 3.33. The second-order valence-electron chi connectivity index (χ2n) is 5.10. The number of carbonyl (C=O) groups is 1. The highest BCUT2D eigenvalue weighted by Crippen LogP contribution is 2.18. The molecule has 1 aromatic rings. The summed E-state index contributed by atoms with van der Waals surface area (Å²) in [5.74, 6) is 0. The average Bonchev–Trinajstić information content (AvgIpc) is 2.44. The molecule has 0 aliphatic heterocycles. The van der Waals surface area contributed by atoms with Crippen molar-refractivity contribution in [3.05, 3.63) is 29.3 Å². The van der Waals surface area contributed by atoms with Gasteiger partial charge in [-0.3, -0.25) is 0 Å². The van der Waals surface area contributed by atoms with Crippen molar-refractivity contribution in [2.75, 3.05) is 32.6 Å². The van der Waals surface area contributed by atoms with E-state index in [1.807, 2.05) is 13.0 Å². The van der Waals surface area contributed by atoms with E-state index in [0.717, 1.165) is 17.7 Å². The summed E-state index contributed by atoms with van der Waals surface area (Å²) in [5.41, 5.74) is 3.31. The number of hydrogen-bond donors (Lipinski definition) is 1. The minimum Gasteiger partial charge on any atom is -0.383 e. The van der Waals surface area contributed by atoms with Gasteiger partial charge in [-0.25, -0.2) is 4.79 Å². The zero-order chi connectivity index (χ0) is 15.0. The summed E-state index contributed by atoms with van der Waals surface area (Å²) < 4.78 is 4.97. The van der Waals surface area contributed by atoms with Crippen molar-refractivity contribution in [2.24, 2.45) is 0 Å². The Morgan fingerprint density at radius 1 is 1.40 bits per heavy atom. The van der Waals surface area contributed by atoms with Gasteiger partial charge in [0, 0.05) is 26.4 Å². The predicted molar refractivity (Wildman–Crippen MR) is 83.3 cm³/mol. The van der Waals surface area contributed by atoms with Gasteiger partial charge in [0.25, 0.3) is 0 Å². The molecule has 0 spiro atoms. The van der Waals surface area contributed by atoms with E-state index in [1.165, 1.54) is 18.4 Å². The van der Waals surface area contributed by atoms with Crippen LogP contribution in [0.15, 0.2) is 18.2 Å². The number of urea groups is 1. The molecule has 4 heteroatoms. The highest BCUT2D eigenvalue weighted by Gasteiger charge is 2.09. The second kappa shape index (κ2) is 8.59. The molecular formula is C16H26N2O2. The minimum atomic E-state index is -0.105. The van der Waals surface area contributed by atoms with Crippen LogP contribution in [0.5, 0.6) is 0 Å². The van der Waals surface area contributed by atoms with Gasteiger partial charge in [0.15, 0.2) is 0 Å². The Balaban J connectivity index is 2.61. The summed E-state index contributed by atoms with van der Waals surface area (Å²) >= 11 is 0. The van der Waals surface area contributed by atoms with Crippen molar-refractivity contribution < 1.29 is 9.53 Å². The van der Waals surface area contributed by atoms with Gasteiger partial charge in [0.1, 0.15) is 0 Å². The molecule has 112 valence electrons. The monoisotopic (exact) mass is 278 g/mol. The average molecular weight is 278 g/mol. The smallest absolute Gasteiger partial charge is 0.321 e. The SMILES string of the molecule is CCCCc1ccc(NC(=O)N(C)CCOC)c(C)c1. The van der Waals surface area contributed by atoms with E-state index in [-0.39, 0.29) is 6.03 Å². The van der Waals surface area contributed by atoms with Gasteiger partial charge in [-0.15, -0.1) is 0 Å². The predicted octanol–water partition coefficient (Wildman–Crippen LogP) is 3.45. The maximum absolute atomic E-state index is 12.0. The van der Waals surface area contributed by atoms with Crippen molar-refractivity contribution in [1.82, 2.24) is 4.90 Å². The van der Waals surface area contributed by atoms with Crippen molar-refractivity contribution in [2.45, 2.75) is 33.1 Å². The molecule has 0 unspecified atom stereocenters. The van der Waals surface area contributed by atoms with Crippen molar-refractivity contribution >= 4 is 11.7 Å². The standard InChI is InChI=1S/C16H26N2O2/c1-5-6-7-14-8-9-15(13(2)12-14)17-16(19)18(3)10-11-20-4/h8-9,12H,5-7,10-11H2,1-4H3,(H,17,19). The van der Waals surface area contributed by atoms with Crippen LogP contribution in [-0.2, 0) is 11.2 Å². The maximum Gasteiger partial charge on any atom is 0.321 e. The molecular weight excluding hydrogens is 252 g/mol. The van der Waals surface area contributed by atoms with Crippen LogP contribution in [0, 0.1) is 6.92 Å². The number of amides is 2. The summed E-state index contributed by atoms with van der Waals surface area (Å²) in [6.45, 7) is 5.34. The Hall–Kier alpha value is -1.55. The van der Waals surface area contributed by atoms with Crippen LogP contribution in [-0.4, -0.2) is 38.2 Å². The molecule has 0 aliphatic carbocycles. The van der Waals surface area contributed by atoms with Gasteiger partial charge in [-0.2, -0.15) is 0 Å². The molecule has 20 heavy (non-hydrogen) atoms. The van der Waals surface area contributed by atoms with Crippen molar-refractivity contribution in [3.8, 4) is 0 Å². The van der Waals surface area contributed by atoms with E-state index in [0.29, 0.717) is 13.2 Å². The van der Waals surface area contributed by atoms with Gasteiger partial charge in [-0.05, 0) is 37.0 Å². The van der Waals surface area contributed by atoms with E-state index in [4.69, 9.17) is 4.74 Å². The molecule has 0 saturated heterocycles. The van der Waals surface area contributed by atoms with E-state index in [2.05, 4.69) is 24.4 Å². The molecule has 1 rings (SSSR count). The third-order valence-corrected chi connectivity index (χ3v) is 3.33. The fourth-order valence-electron chi connectivity index (χ4n) is 1.94. The number of ether oxygens (including phenoxy) is 1. The summed E-state index contributed by atoms with van der Waals surface area (Å²) in [6.07, 6.45) is 3.49. The second-order valence-corrected chi connectivity index (χ2v) is 5.10. The van der Waals surface area contributed by atoms with Gasteiger partial charge in [0.2, 0.25) is 0 Å². The highest BCUT2D eigenvalue weighted by atomic mass is 16.5. The van der Waals surface area contributed by atoms with Crippen LogP contribution in [0.1, 0.15) is 30.9 Å². The molecule has 0 fully saturated rings. The number of hydrogen-bond acceptors (Lipinski definition) is 2. The van der Waals surface area contributed by atoms with Gasteiger partial charge in [-0.1, -0.05) is 25.5 Å². The Morgan fingerprint density at radius 3 is 2.75 bits per heavy atom. The number of nitrogens with one attached hydrogen (secondary N) is 1. The Kier molecular flexibility index (Phi) is 7.09. The number of benzene rings is 1. The van der Waals surface area contributed by atoms with Gasteiger partial charge >= 0.3 is 6.03 Å². The van der Waals surface area contributed by atoms with Crippen LogP contribution in [0.2, 0.25) is 0 Å². The van der Waals surface area contributed by atoms with Crippen LogP contribution in [0.4, 0.5) is 10.5 Å². The molecule has 0 aliphatic rings. The van der Waals surface area contributed by atoms with Crippen LogP contribution >= 0.6 is 0 Å². The lowest BCUT2D eigenvalue weighted by Gasteiger charge is -2.18. The number of methoxy groups -OCH3 is 1. The first kappa shape index (κ1) is 16.5. The molecule has 2 amide bonds. The Bertz CT molecular complexity index is 432. The van der Waals surface area contributed by atoms with Crippen LogP contribution in [0.3, 0.4) is 0 Å². The number of unbranched alkanes of at least 4 members (excludes halogenated alkanes) is 1. The summed E-state index contributed by atoms with van der Waals surface area (Å²) in [4.78, 5) is 13.6. The molecule has 4 nitrogen and oxygen atoms in total. The van der Waals surface area contributed by atoms with Crippen LogP contribution < -0.4 is 5.32 Å². The molecule has 0 heterocycles. The highest BCUT2D eigenvalue weighted by molar-refractivity contribution is 5.90. The van der Waals surface area contributed by atoms with Gasteiger partial charge in [0.05, 0.1) is 6.61 Å². The minimum absolute atomic E-state index is 0.105. The lowest BCUT2D eigenvalue weighted by molar-refractivity contribution is 0.165. The normalized spacial score (nSPS) is 10.4. The summed E-state index contributed by atoms with van der Waals surface area (Å²) in [5, 5.41) is 2.93. The van der Waals surface area contributed by atoms with E-state index in [1.54, 1.807) is 19.1 Å². The Labute approximate surface area is 122 Å². The first-order valence-corrected chi connectivity index (χ1v) is 7.19. The lowest BCUT2D eigenvalue weighted by atomic mass is 10.0. The van der Waals surface area contributed by atoms with Gasteiger partial charge < -0.3 is 15.0 Å². The third kappa shape index (κ3) is 5.21. The Morgan fingerprint density at radius 2 is 2.15 bits per heavy atom. The topological polar surface area (TPSA) is 41.6 Å². The molecule has 0 radical (unpaired) electrons. The van der Waals surface area contributed by atoms with E-state index in [9.17, 15) is 4.79 Å². The number of carbonyl (C=O) groups excluding carboxylic acids is 1. The molecule has 0 saturated carbocycles. The lowest BCUT2D eigenvalue weighted by Crippen LogP contribution is -2.34. The van der Waals surface area contributed by atoms with E-state index < -0.39 is 0 Å². The van der Waals surface area contributed by atoms with Crippen molar-refractivity contribution in [3.63, 3.8) is 0 Å². The molecule has 1 N–H and O–H groups in total. The molecule has 0 aromatic heterocycles. The van der Waals surface area contributed by atoms with E-state index >= 15 is 0 Å². The fourth-order valence-corrected chi connectivity index (χ4v) is 1.94. The largest absolute Gasteiger partial charge is 0.383 e. The number of nitrogens with zero attached hydrogens (tertiary/aromatic N) is 1. The summed E-state index contributed by atoms with van der Waals surface area (Å²) in [7, 11) is 3.39. The first-order chi connectivity index (χ1) is 9.58. The number of aryl methyl sites for hydroxylation is 2. The zero-order valence-corrected chi connectivity index (χ0v) is 13.0.